The maximum Gasteiger partial charge on any atom is 0.410 e. The van der Waals surface area contributed by atoms with Crippen LogP contribution in [0.5, 0.6) is 0 Å². The predicted octanol–water partition coefficient (Wildman–Crippen LogP) is 3.16. The van der Waals surface area contributed by atoms with Gasteiger partial charge >= 0.3 is 6.09 Å². The van der Waals surface area contributed by atoms with E-state index < -0.39 is 0 Å². The maximum atomic E-state index is 12.5. The third-order valence-corrected chi connectivity index (χ3v) is 5.42. The van der Waals surface area contributed by atoms with Crippen LogP contribution in [0.1, 0.15) is 53.3 Å². The van der Waals surface area contributed by atoms with Crippen molar-refractivity contribution in [2.45, 2.75) is 39.8 Å². The summed E-state index contributed by atoms with van der Waals surface area (Å²) >= 11 is 1.32. The Morgan fingerprint density at radius 1 is 1.48 bits per heavy atom. The molecule has 0 unspecified atom stereocenters. The number of carbonyl (C=O) groups excluding carboxylic acids is 2. The van der Waals surface area contributed by atoms with E-state index in [4.69, 9.17) is 4.74 Å². The summed E-state index contributed by atoms with van der Waals surface area (Å²) in [5.74, 6) is -0.355. The van der Waals surface area contributed by atoms with Gasteiger partial charge in [-0.2, -0.15) is 10.4 Å². The molecule has 1 N–H and O–H groups in total. The average molecular weight is 387 g/mol. The van der Waals surface area contributed by atoms with E-state index in [2.05, 4.69) is 16.5 Å². The molecule has 0 aliphatic carbocycles. The minimum atomic E-state index is -0.361. The van der Waals surface area contributed by atoms with Crippen molar-refractivity contribution in [3.05, 3.63) is 34.0 Å². The van der Waals surface area contributed by atoms with Crippen molar-refractivity contribution < 1.29 is 14.3 Å². The van der Waals surface area contributed by atoms with E-state index in [1.54, 1.807) is 28.8 Å². The first-order valence-electron chi connectivity index (χ1n) is 8.77. The molecule has 0 bridgehead atoms. The standard InChI is InChI=1S/C18H21N5O3S/c1-4-26-18(25)22-7-5-12-13(9-19)17(27-15(12)10-22)20-16(24)14-6-8-23(21-14)11(2)3/h6,8,11H,4-5,7,10H2,1-3H3,(H,20,24). The highest BCUT2D eigenvalue weighted by Gasteiger charge is 2.28. The molecule has 0 saturated carbocycles. The van der Waals surface area contributed by atoms with Gasteiger partial charge in [0.25, 0.3) is 5.91 Å². The molecular weight excluding hydrogens is 366 g/mol. The monoisotopic (exact) mass is 387 g/mol. The van der Waals surface area contributed by atoms with Crippen LogP contribution < -0.4 is 5.32 Å². The van der Waals surface area contributed by atoms with E-state index in [1.807, 2.05) is 13.8 Å². The molecule has 1 aliphatic rings. The number of amides is 2. The van der Waals surface area contributed by atoms with Crippen molar-refractivity contribution >= 4 is 28.3 Å². The number of aromatic nitrogens is 2. The normalized spacial score (nSPS) is 13.2. The summed E-state index contributed by atoms with van der Waals surface area (Å²) in [7, 11) is 0. The van der Waals surface area contributed by atoms with E-state index in [0.717, 1.165) is 10.4 Å². The van der Waals surface area contributed by atoms with Gasteiger partial charge in [-0.15, -0.1) is 11.3 Å². The molecule has 0 fully saturated rings. The number of nitrogens with one attached hydrogen (secondary N) is 1. The van der Waals surface area contributed by atoms with Gasteiger partial charge in [-0.3, -0.25) is 9.48 Å². The van der Waals surface area contributed by atoms with E-state index in [9.17, 15) is 14.9 Å². The Hall–Kier alpha value is -2.86. The zero-order valence-electron chi connectivity index (χ0n) is 15.5. The second-order valence-electron chi connectivity index (χ2n) is 6.42. The Bertz CT molecular complexity index is 909. The van der Waals surface area contributed by atoms with Crippen LogP contribution in [-0.4, -0.2) is 39.8 Å². The third kappa shape index (κ3) is 3.80. The quantitative estimate of drug-likeness (QED) is 0.868. The van der Waals surface area contributed by atoms with Crippen molar-refractivity contribution in [1.29, 1.82) is 5.26 Å². The Labute approximate surface area is 161 Å². The Morgan fingerprint density at radius 2 is 2.26 bits per heavy atom. The van der Waals surface area contributed by atoms with E-state index in [-0.39, 0.29) is 18.0 Å². The summed E-state index contributed by atoms with van der Waals surface area (Å²) in [6, 6.07) is 4.00. The number of carbonyl (C=O) groups is 2. The molecule has 0 atom stereocenters. The molecule has 3 heterocycles. The summed E-state index contributed by atoms with van der Waals surface area (Å²) in [5, 5.41) is 17.1. The molecule has 8 nitrogen and oxygen atoms in total. The van der Waals surface area contributed by atoms with Crippen molar-refractivity contribution in [2.75, 3.05) is 18.5 Å². The lowest BCUT2D eigenvalue weighted by Crippen LogP contribution is -2.35. The smallest absolute Gasteiger partial charge is 0.410 e. The Balaban J connectivity index is 1.80. The lowest BCUT2D eigenvalue weighted by molar-refractivity contribution is 0.101. The topological polar surface area (TPSA) is 100 Å². The number of fused-ring (bicyclic) bond motifs is 1. The zero-order valence-corrected chi connectivity index (χ0v) is 16.3. The van der Waals surface area contributed by atoms with Crippen molar-refractivity contribution in [3.8, 4) is 6.07 Å². The highest BCUT2D eigenvalue weighted by molar-refractivity contribution is 7.16. The lowest BCUT2D eigenvalue weighted by Gasteiger charge is -2.25. The van der Waals surface area contributed by atoms with Crippen LogP contribution in [0.25, 0.3) is 0 Å². The van der Waals surface area contributed by atoms with Gasteiger partial charge in [0.05, 0.1) is 18.7 Å². The molecule has 0 saturated heterocycles. The van der Waals surface area contributed by atoms with Crippen molar-refractivity contribution in [2.24, 2.45) is 0 Å². The van der Waals surface area contributed by atoms with Crippen LogP contribution in [0.2, 0.25) is 0 Å². The largest absolute Gasteiger partial charge is 0.450 e. The molecule has 0 radical (unpaired) electrons. The van der Waals surface area contributed by atoms with Gasteiger partial charge < -0.3 is 15.0 Å². The summed E-state index contributed by atoms with van der Waals surface area (Å²) in [4.78, 5) is 27.0. The number of rotatable bonds is 4. The van der Waals surface area contributed by atoms with Crippen molar-refractivity contribution in [1.82, 2.24) is 14.7 Å². The number of anilines is 1. The molecule has 142 valence electrons. The van der Waals surface area contributed by atoms with E-state index in [1.165, 1.54) is 11.3 Å². The molecule has 2 amide bonds. The van der Waals surface area contributed by atoms with E-state index >= 15 is 0 Å². The van der Waals surface area contributed by atoms with Gasteiger partial charge in [0.15, 0.2) is 5.69 Å². The van der Waals surface area contributed by atoms with Crippen LogP contribution >= 0.6 is 11.3 Å². The fourth-order valence-corrected chi connectivity index (χ4v) is 4.10. The highest BCUT2D eigenvalue weighted by Crippen LogP contribution is 2.37. The zero-order chi connectivity index (χ0) is 19.6. The molecule has 3 rings (SSSR count). The number of ether oxygens (including phenoxy) is 1. The number of nitrogens with zero attached hydrogens (tertiary/aromatic N) is 4. The fourth-order valence-electron chi connectivity index (χ4n) is 2.89. The highest BCUT2D eigenvalue weighted by atomic mass is 32.1. The molecule has 2 aromatic rings. The van der Waals surface area contributed by atoms with Crippen LogP contribution in [0, 0.1) is 11.3 Å². The molecule has 0 aromatic carbocycles. The average Bonchev–Trinajstić information content (AvgIpc) is 3.26. The molecular formula is C18H21N5O3S. The van der Waals surface area contributed by atoms with Crippen LogP contribution in [0.4, 0.5) is 9.80 Å². The molecule has 9 heteroatoms. The second-order valence-corrected chi connectivity index (χ2v) is 7.52. The van der Waals surface area contributed by atoms with E-state index in [0.29, 0.717) is 42.4 Å². The predicted molar refractivity (Wildman–Crippen MR) is 101 cm³/mol. The van der Waals surface area contributed by atoms with Gasteiger partial charge in [-0.05, 0) is 38.8 Å². The molecule has 2 aromatic heterocycles. The first-order valence-corrected chi connectivity index (χ1v) is 9.59. The molecule has 1 aliphatic heterocycles. The summed E-state index contributed by atoms with van der Waals surface area (Å²) in [6.45, 7) is 6.91. The lowest BCUT2D eigenvalue weighted by atomic mass is 10.0. The number of thiophene rings is 1. The van der Waals surface area contributed by atoms with Crippen LogP contribution in [-0.2, 0) is 17.7 Å². The van der Waals surface area contributed by atoms with Gasteiger partial charge in [0.2, 0.25) is 0 Å². The Morgan fingerprint density at radius 3 is 2.89 bits per heavy atom. The summed E-state index contributed by atoms with van der Waals surface area (Å²) in [6.07, 6.45) is 1.95. The molecule has 27 heavy (non-hydrogen) atoms. The fraction of sp³-hybridized carbons (Fsp3) is 0.444. The maximum absolute atomic E-state index is 12.5. The van der Waals surface area contributed by atoms with Gasteiger partial charge in [0, 0.05) is 23.7 Å². The number of hydrogen-bond acceptors (Lipinski definition) is 6. The SMILES string of the molecule is CCOC(=O)N1CCc2c(sc(NC(=O)c3ccn(C(C)C)n3)c2C#N)C1. The van der Waals surface area contributed by atoms with Crippen LogP contribution in [0.3, 0.4) is 0 Å². The summed E-state index contributed by atoms with van der Waals surface area (Å²) < 4.78 is 6.76. The second kappa shape index (κ2) is 7.80. The number of nitriles is 1. The third-order valence-electron chi connectivity index (χ3n) is 4.29. The Kier molecular flexibility index (Phi) is 5.46. The summed E-state index contributed by atoms with van der Waals surface area (Å²) in [5.41, 5.74) is 1.66. The first-order chi connectivity index (χ1) is 12.9. The first kappa shape index (κ1) is 18.9. The minimum absolute atomic E-state index is 0.157. The number of hydrogen-bond donors (Lipinski definition) is 1. The van der Waals surface area contributed by atoms with Crippen molar-refractivity contribution in [3.63, 3.8) is 0 Å². The van der Waals surface area contributed by atoms with Crippen LogP contribution in [0.15, 0.2) is 12.3 Å². The molecule has 0 spiro atoms. The van der Waals surface area contributed by atoms with Gasteiger partial charge in [-0.1, -0.05) is 0 Å². The van der Waals surface area contributed by atoms with Gasteiger partial charge in [-0.25, -0.2) is 4.79 Å². The van der Waals surface area contributed by atoms with Gasteiger partial charge in [0.1, 0.15) is 11.1 Å². The minimum Gasteiger partial charge on any atom is -0.450 e.